The Morgan fingerprint density at radius 1 is 1.20 bits per heavy atom. The third kappa shape index (κ3) is 5.59. The Kier molecular flexibility index (Phi) is 7.87. The number of halogens is 1. The molecule has 0 bridgehead atoms. The molecule has 0 aromatic heterocycles. The molecule has 0 saturated carbocycles. The van der Waals surface area contributed by atoms with Crippen LogP contribution in [0.15, 0.2) is 24.3 Å². The van der Waals surface area contributed by atoms with Crippen LogP contribution in [0, 0.1) is 0 Å². The second-order valence-electron chi connectivity index (χ2n) is 4.80. The molecule has 0 spiro atoms. The molecule has 0 radical (unpaired) electrons. The maximum atomic E-state index is 11.8. The fourth-order valence-corrected chi connectivity index (χ4v) is 1.54. The number of carbonyl (C=O) groups excluding carboxylic acids is 2. The highest BCUT2D eigenvalue weighted by atomic mass is 35.5. The lowest BCUT2D eigenvalue weighted by Crippen LogP contribution is -2.29. The fourth-order valence-electron chi connectivity index (χ4n) is 1.54. The third-order valence-corrected chi connectivity index (χ3v) is 2.69. The predicted molar refractivity (Wildman–Crippen MR) is 82.3 cm³/mol. The highest BCUT2D eigenvalue weighted by Crippen LogP contribution is 2.06. The van der Waals surface area contributed by atoms with Crippen LogP contribution in [-0.2, 0) is 0 Å². The van der Waals surface area contributed by atoms with E-state index in [4.69, 9.17) is 5.73 Å². The normalized spacial score (nSPS) is 11.2. The molecule has 0 saturated heterocycles. The van der Waals surface area contributed by atoms with E-state index < -0.39 is 0 Å². The average molecular weight is 300 g/mol. The number of nitrogens with two attached hydrogens (primary N) is 1. The van der Waals surface area contributed by atoms with Gasteiger partial charge in [-0.05, 0) is 37.6 Å². The Hall–Kier alpha value is -1.59. The number of carbonyl (C=O) groups is 2. The van der Waals surface area contributed by atoms with E-state index >= 15 is 0 Å². The first-order valence-electron chi connectivity index (χ1n) is 6.27. The predicted octanol–water partition coefficient (Wildman–Crippen LogP) is 1.28. The van der Waals surface area contributed by atoms with Gasteiger partial charge in [0, 0.05) is 37.8 Å². The number of hydrogen-bond donors (Lipinski definition) is 2. The maximum absolute atomic E-state index is 11.8. The lowest BCUT2D eigenvalue weighted by Gasteiger charge is -2.11. The summed E-state index contributed by atoms with van der Waals surface area (Å²) in [7, 11) is 3.38. The van der Waals surface area contributed by atoms with Gasteiger partial charge in [0.15, 0.2) is 0 Å². The first kappa shape index (κ1) is 18.4. The van der Waals surface area contributed by atoms with E-state index in [9.17, 15) is 9.59 Å². The third-order valence-electron chi connectivity index (χ3n) is 2.69. The molecule has 1 aromatic rings. The van der Waals surface area contributed by atoms with E-state index in [2.05, 4.69) is 5.32 Å². The van der Waals surface area contributed by atoms with Crippen molar-refractivity contribution in [2.75, 3.05) is 20.6 Å². The van der Waals surface area contributed by atoms with Gasteiger partial charge in [-0.25, -0.2) is 0 Å². The summed E-state index contributed by atoms with van der Waals surface area (Å²) < 4.78 is 0. The van der Waals surface area contributed by atoms with Crippen molar-refractivity contribution >= 4 is 24.2 Å². The van der Waals surface area contributed by atoms with Crippen molar-refractivity contribution in [3.8, 4) is 0 Å². The fraction of sp³-hybridized carbons (Fsp3) is 0.429. The molecule has 6 heteroatoms. The molecule has 0 heterocycles. The summed E-state index contributed by atoms with van der Waals surface area (Å²) in [5.74, 6) is -0.228. The van der Waals surface area contributed by atoms with Crippen molar-refractivity contribution in [3.05, 3.63) is 35.4 Å². The van der Waals surface area contributed by atoms with Crippen LogP contribution in [0.4, 0.5) is 0 Å². The Morgan fingerprint density at radius 3 is 2.15 bits per heavy atom. The molecule has 1 aromatic carbocycles. The van der Waals surface area contributed by atoms with Gasteiger partial charge in [0.05, 0.1) is 0 Å². The minimum Gasteiger partial charge on any atom is -0.352 e. The van der Waals surface area contributed by atoms with E-state index in [1.54, 1.807) is 38.4 Å². The van der Waals surface area contributed by atoms with Crippen LogP contribution >= 0.6 is 12.4 Å². The Balaban J connectivity index is 0.00000361. The molecule has 2 amide bonds. The zero-order valence-corrected chi connectivity index (χ0v) is 12.9. The molecular formula is C14H22ClN3O2. The smallest absolute Gasteiger partial charge is 0.253 e. The standard InChI is InChI=1S/C14H21N3O2.ClH/c1-10(15)8-9-16-13(18)11-4-6-12(7-5-11)14(19)17(2)3;/h4-7,10H,8-9,15H2,1-3H3,(H,16,18);1H. The Labute approximate surface area is 125 Å². The minimum absolute atomic E-state index is 0. The van der Waals surface area contributed by atoms with Crippen LogP contribution in [-0.4, -0.2) is 43.4 Å². The molecule has 20 heavy (non-hydrogen) atoms. The van der Waals surface area contributed by atoms with E-state index in [0.717, 1.165) is 6.42 Å². The summed E-state index contributed by atoms with van der Waals surface area (Å²) in [4.78, 5) is 25.0. The van der Waals surface area contributed by atoms with Crippen LogP contribution in [0.2, 0.25) is 0 Å². The first-order valence-corrected chi connectivity index (χ1v) is 6.27. The molecule has 0 aliphatic rings. The number of benzene rings is 1. The zero-order chi connectivity index (χ0) is 14.4. The molecule has 0 aliphatic heterocycles. The van der Waals surface area contributed by atoms with Crippen LogP contribution < -0.4 is 11.1 Å². The summed E-state index contributed by atoms with van der Waals surface area (Å²) in [6, 6.07) is 6.68. The molecular weight excluding hydrogens is 278 g/mol. The van der Waals surface area contributed by atoms with Crippen LogP contribution in [0.25, 0.3) is 0 Å². The number of nitrogens with zero attached hydrogens (tertiary/aromatic N) is 1. The lowest BCUT2D eigenvalue weighted by atomic mass is 10.1. The highest BCUT2D eigenvalue weighted by Gasteiger charge is 2.10. The summed E-state index contributed by atoms with van der Waals surface area (Å²) in [5.41, 5.74) is 6.71. The summed E-state index contributed by atoms with van der Waals surface area (Å²) in [5, 5.41) is 2.79. The summed E-state index contributed by atoms with van der Waals surface area (Å²) in [6.07, 6.45) is 0.739. The zero-order valence-electron chi connectivity index (χ0n) is 12.1. The van der Waals surface area contributed by atoms with Gasteiger partial charge in [-0.15, -0.1) is 12.4 Å². The van der Waals surface area contributed by atoms with Crippen LogP contribution in [0.5, 0.6) is 0 Å². The number of rotatable bonds is 5. The second kappa shape index (κ2) is 8.55. The molecule has 5 nitrogen and oxygen atoms in total. The van der Waals surface area contributed by atoms with Gasteiger partial charge in [-0.3, -0.25) is 9.59 Å². The van der Waals surface area contributed by atoms with E-state index in [1.165, 1.54) is 4.90 Å². The molecule has 1 atom stereocenters. The first-order chi connectivity index (χ1) is 8.91. The van der Waals surface area contributed by atoms with Crippen molar-refractivity contribution in [1.29, 1.82) is 0 Å². The Morgan fingerprint density at radius 2 is 1.70 bits per heavy atom. The number of nitrogens with one attached hydrogen (secondary N) is 1. The largest absolute Gasteiger partial charge is 0.352 e. The van der Waals surface area contributed by atoms with E-state index in [-0.39, 0.29) is 30.3 Å². The molecule has 3 N–H and O–H groups in total. The summed E-state index contributed by atoms with van der Waals surface area (Å²) >= 11 is 0. The van der Waals surface area contributed by atoms with Gasteiger partial charge in [0.25, 0.3) is 11.8 Å². The van der Waals surface area contributed by atoms with Crippen molar-refractivity contribution in [2.24, 2.45) is 5.73 Å². The van der Waals surface area contributed by atoms with Gasteiger partial charge in [0.1, 0.15) is 0 Å². The topological polar surface area (TPSA) is 75.4 Å². The molecule has 0 aliphatic carbocycles. The van der Waals surface area contributed by atoms with Crippen molar-refractivity contribution in [2.45, 2.75) is 19.4 Å². The monoisotopic (exact) mass is 299 g/mol. The minimum atomic E-state index is -0.149. The van der Waals surface area contributed by atoms with Gasteiger partial charge < -0.3 is 16.0 Å². The number of hydrogen-bond acceptors (Lipinski definition) is 3. The molecule has 1 rings (SSSR count). The highest BCUT2D eigenvalue weighted by molar-refractivity contribution is 5.97. The van der Waals surface area contributed by atoms with Crippen molar-refractivity contribution in [3.63, 3.8) is 0 Å². The summed E-state index contributed by atoms with van der Waals surface area (Å²) in [6.45, 7) is 2.45. The SMILES string of the molecule is CC(N)CCNC(=O)c1ccc(C(=O)N(C)C)cc1.Cl. The average Bonchev–Trinajstić information content (AvgIpc) is 2.37. The maximum Gasteiger partial charge on any atom is 0.253 e. The van der Waals surface area contributed by atoms with Gasteiger partial charge in [0.2, 0.25) is 0 Å². The van der Waals surface area contributed by atoms with Crippen LogP contribution in [0.3, 0.4) is 0 Å². The molecule has 0 fully saturated rings. The van der Waals surface area contributed by atoms with E-state index in [0.29, 0.717) is 17.7 Å². The molecule has 1 unspecified atom stereocenters. The van der Waals surface area contributed by atoms with Gasteiger partial charge in [-0.1, -0.05) is 0 Å². The van der Waals surface area contributed by atoms with Crippen molar-refractivity contribution in [1.82, 2.24) is 10.2 Å². The second-order valence-corrected chi connectivity index (χ2v) is 4.80. The lowest BCUT2D eigenvalue weighted by molar-refractivity contribution is 0.0826. The quantitative estimate of drug-likeness (QED) is 0.860. The van der Waals surface area contributed by atoms with Gasteiger partial charge in [-0.2, -0.15) is 0 Å². The Bertz CT molecular complexity index is 444. The van der Waals surface area contributed by atoms with Gasteiger partial charge >= 0.3 is 0 Å². The van der Waals surface area contributed by atoms with Crippen LogP contribution in [0.1, 0.15) is 34.1 Å². The number of amides is 2. The van der Waals surface area contributed by atoms with E-state index in [1.807, 2.05) is 6.92 Å². The molecule has 112 valence electrons. The van der Waals surface area contributed by atoms with Crippen molar-refractivity contribution < 1.29 is 9.59 Å².